The zero-order valence-corrected chi connectivity index (χ0v) is 22.1. The number of anilines is 1. The number of sulfonamides is 1. The Kier molecular flexibility index (Phi) is 7.88. The van der Waals surface area contributed by atoms with E-state index in [1.54, 1.807) is 6.07 Å². The fraction of sp³-hybridized carbons (Fsp3) is 0.0909. The summed E-state index contributed by atoms with van der Waals surface area (Å²) < 4.78 is 36.7. The van der Waals surface area contributed by atoms with E-state index in [2.05, 4.69) is 18.8 Å². The van der Waals surface area contributed by atoms with Gasteiger partial charge in [0.15, 0.2) is 6.04 Å². The van der Waals surface area contributed by atoms with Gasteiger partial charge in [0.2, 0.25) is 0 Å². The summed E-state index contributed by atoms with van der Waals surface area (Å²) in [5.41, 5.74) is 0.132. The highest BCUT2D eigenvalue weighted by molar-refractivity contribution is 7.93. The molecule has 192 valence electrons. The topological polar surface area (TPSA) is 159 Å². The van der Waals surface area contributed by atoms with Crippen molar-refractivity contribution < 1.29 is 28.2 Å². The minimum atomic E-state index is -4.27. The molecule has 15 heteroatoms. The maximum Gasteiger partial charge on any atom is 0.329 e. The number of hydrogen-bond acceptors (Lipinski definition) is 8. The summed E-state index contributed by atoms with van der Waals surface area (Å²) >= 11 is 18.7. The minimum Gasteiger partial charge on any atom is -0.480 e. The van der Waals surface area contributed by atoms with Gasteiger partial charge in [-0.05, 0) is 48.0 Å². The molecule has 0 bridgehead atoms. The van der Waals surface area contributed by atoms with Crippen LogP contribution >= 0.6 is 46.5 Å². The molecular weight excluding hydrogens is 587 g/mol. The van der Waals surface area contributed by atoms with Crippen molar-refractivity contribution in [2.24, 2.45) is 0 Å². The van der Waals surface area contributed by atoms with Gasteiger partial charge in [-0.25, -0.2) is 13.2 Å². The molecule has 1 heterocycles. The monoisotopic (exact) mass is 600 g/mol. The van der Waals surface area contributed by atoms with E-state index in [0.29, 0.717) is 5.52 Å². The Morgan fingerprint density at radius 3 is 2.43 bits per heavy atom. The normalized spacial score (nSPS) is 13.2. The molecule has 10 nitrogen and oxygen atoms in total. The van der Waals surface area contributed by atoms with Gasteiger partial charge < -0.3 is 15.5 Å². The number of nitrogens with zero attached hydrogens (tertiary/aromatic N) is 2. The Labute approximate surface area is 229 Å². The molecule has 2 atom stereocenters. The smallest absolute Gasteiger partial charge is 0.329 e. The molecule has 4 aromatic rings. The number of fused-ring (bicyclic) bond motifs is 1. The van der Waals surface area contributed by atoms with Crippen LogP contribution in [0.15, 0.2) is 59.5 Å². The van der Waals surface area contributed by atoms with Crippen molar-refractivity contribution in [3.8, 4) is 0 Å². The number of carboxylic acids is 1. The van der Waals surface area contributed by atoms with Crippen LogP contribution in [0.2, 0.25) is 15.1 Å². The summed E-state index contributed by atoms with van der Waals surface area (Å²) in [7, 11) is -4.27. The molecule has 3 aromatic carbocycles. The molecule has 1 amide bonds. The molecule has 0 radical (unpaired) electrons. The van der Waals surface area contributed by atoms with E-state index < -0.39 is 34.0 Å². The van der Waals surface area contributed by atoms with E-state index in [0.717, 1.165) is 11.7 Å². The number of benzene rings is 3. The largest absolute Gasteiger partial charge is 0.480 e. The van der Waals surface area contributed by atoms with Crippen LogP contribution in [0.5, 0.6) is 0 Å². The van der Waals surface area contributed by atoms with E-state index in [4.69, 9.17) is 34.8 Å². The summed E-state index contributed by atoms with van der Waals surface area (Å²) in [4.78, 5) is 24.8. The Morgan fingerprint density at radius 2 is 1.73 bits per heavy atom. The van der Waals surface area contributed by atoms with Gasteiger partial charge in [-0.2, -0.15) is 8.75 Å². The predicted octanol–water partition coefficient (Wildman–Crippen LogP) is 4.37. The Bertz CT molecular complexity index is 1630. The van der Waals surface area contributed by atoms with Crippen molar-refractivity contribution in [2.75, 3.05) is 4.72 Å². The molecule has 37 heavy (non-hydrogen) atoms. The number of aliphatic carboxylic acids is 1. The van der Waals surface area contributed by atoms with Gasteiger partial charge in [0.1, 0.15) is 22.0 Å². The summed E-state index contributed by atoms with van der Waals surface area (Å²) in [5.74, 6) is -2.54. The Balaban J connectivity index is 1.65. The van der Waals surface area contributed by atoms with Crippen molar-refractivity contribution in [2.45, 2.75) is 17.0 Å². The first kappa shape index (κ1) is 27.0. The van der Waals surface area contributed by atoms with Gasteiger partial charge in [0.25, 0.3) is 15.9 Å². The quantitative estimate of drug-likeness (QED) is 0.232. The molecule has 0 unspecified atom stereocenters. The maximum absolute atomic E-state index is 13.2. The van der Waals surface area contributed by atoms with Gasteiger partial charge in [-0.1, -0.05) is 46.9 Å². The van der Waals surface area contributed by atoms with Gasteiger partial charge >= 0.3 is 5.97 Å². The van der Waals surface area contributed by atoms with Crippen LogP contribution in [0.3, 0.4) is 0 Å². The van der Waals surface area contributed by atoms with Crippen molar-refractivity contribution >= 4 is 85.2 Å². The number of rotatable bonds is 8. The molecule has 0 saturated heterocycles. The second-order valence-electron chi connectivity index (χ2n) is 7.59. The van der Waals surface area contributed by atoms with Gasteiger partial charge in [0.05, 0.1) is 33.0 Å². The molecule has 0 saturated carbocycles. The van der Waals surface area contributed by atoms with Crippen LogP contribution in [-0.4, -0.2) is 45.3 Å². The van der Waals surface area contributed by atoms with Crippen LogP contribution in [0.25, 0.3) is 11.0 Å². The number of aliphatic hydroxyl groups is 1. The highest BCUT2D eigenvalue weighted by atomic mass is 35.5. The molecule has 0 aliphatic carbocycles. The van der Waals surface area contributed by atoms with E-state index in [-0.39, 0.29) is 42.3 Å². The number of carboxylic acid groups (broad SMARTS) is 1. The number of carbonyl (C=O) groups excluding carboxylic acids is 1. The van der Waals surface area contributed by atoms with E-state index in [9.17, 15) is 28.2 Å². The molecule has 0 fully saturated rings. The average Bonchev–Trinajstić information content (AvgIpc) is 3.32. The first-order valence-corrected chi connectivity index (χ1v) is 13.5. The fourth-order valence-corrected chi connectivity index (χ4v) is 5.70. The lowest BCUT2D eigenvalue weighted by Gasteiger charge is -2.22. The predicted molar refractivity (Wildman–Crippen MR) is 140 cm³/mol. The molecule has 4 N–H and O–H groups in total. The second-order valence-corrected chi connectivity index (χ2v) is 11.0. The zero-order chi connectivity index (χ0) is 26.9. The summed E-state index contributed by atoms with van der Waals surface area (Å²) in [6, 6.07) is 10.3. The fourth-order valence-electron chi connectivity index (χ4n) is 3.38. The third-order valence-corrected chi connectivity index (χ3v) is 8.08. The molecule has 0 spiro atoms. The van der Waals surface area contributed by atoms with E-state index in [1.807, 2.05) is 0 Å². The molecule has 0 aliphatic rings. The molecule has 1 aromatic heterocycles. The highest BCUT2D eigenvalue weighted by Gasteiger charge is 2.31. The van der Waals surface area contributed by atoms with Crippen molar-refractivity contribution in [3.05, 3.63) is 80.8 Å². The van der Waals surface area contributed by atoms with Crippen molar-refractivity contribution in [1.82, 2.24) is 14.1 Å². The number of aliphatic hydroxyl groups excluding tert-OH is 1. The summed E-state index contributed by atoms with van der Waals surface area (Å²) in [5, 5.41) is 22.9. The third-order valence-electron chi connectivity index (χ3n) is 5.16. The van der Waals surface area contributed by atoms with Gasteiger partial charge in [0, 0.05) is 5.02 Å². The van der Waals surface area contributed by atoms with Gasteiger partial charge in [-0.15, -0.1) is 0 Å². The number of aromatic nitrogens is 2. The molecular formula is C22H15Cl3N4O6S2. The Hall–Kier alpha value is -3.00. The van der Waals surface area contributed by atoms with Crippen LogP contribution in [-0.2, 0) is 14.8 Å². The molecule has 4 rings (SSSR count). The van der Waals surface area contributed by atoms with Crippen LogP contribution in [0, 0.1) is 0 Å². The number of nitrogens with one attached hydrogen (secondary N) is 2. The lowest BCUT2D eigenvalue weighted by atomic mass is 10.0. The number of halogens is 3. The first-order chi connectivity index (χ1) is 17.5. The number of amides is 1. The van der Waals surface area contributed by atoms with Crippen LogP contribution < -0.4 is 10.0 Å². The summed E-state index contributed by atoms with van der Waals surface area (Å²) in [6.07, 6.45) is -1.71. The zero-order valence-electron chi connectivity index (χ0n) is 18.2. The first-order valence-electron chi connectivity index (χ1n) is 10.2. The lowest BCUT2D eigenvalue weighted by Crippen LogP contribution is -2.45. The van der Waals surface area contributed by atoms with Crippen molar-refractivity contribution in [1.29, 1.82) is 0 Å². The van der Waals surface area contributed by atoms with Crippen LogP contribution in [0.1, 0.15) is 22.0 Å². The SMILES string of the molecule is O=C(N[C@@H](C(=O)O)[C@@H](O)c1ccc(Cl)c(Cl)c1)c1ccc(Cl)cc1NS(=O)(=O)c1cccc2nsnc12. The Morgan fingerprint density at radius 1 is 0.973 bits per heavy atom. The number of carbonyl (C=O) groups is 2. The van der Waals surface area contributed by atoms with Gasteiger partial charge in [-0.3, -0.25) is 9.52 Å². The van der Waals surface area contributed by atoms with Crippen LogP contribution in [0.4, 0.5) is 5.69 Å². The summed E-state index contributed by atoms with van der Waals surface area (Å²) in [6.45, 7) is 0. The third kappa shape index (κ3) is 5.79. The minimum absolute atomic E-state index is 0.0772. The highest BCUT2D eigenvalue weighted by Crippen LogP contribution is 2.29. The standard InChI is InChI=1S/C22H15Cl3N4O6S2/c23-11-5-6-12(16(9-11)29-37(34,35)17-3-1-2-15-18(17)28-36-27-15)21(31)26-19(22(32)33)20(30)10-4-7-13(24)14(25)8-10/h1-9,19-20,29-30H,(H,26,31)(H,32,33)/t19-,20+/m1/s1. The van der Waals surface area contributed by atoms with Crippen molar-refractivity contribution in [3.63, 3.8) is 0 Å². The average molecular weight is 602 g/mol. The van der Waals surface area contributed by atoms with E-state index in [1.165, 1.54) is 48.5 Å². The second kappa shape index (κ2) is 10.8. The van der Waals surface area contributed by atoms with E-state index >= 15 is 0 Å². The number of hydrogen-bond donors (Lipinski definition) is 4. The molecule has 0 aliphatic heterocycles. The maximum atomic E-state index is 13.2. The lowest BCUT2D eigenvalue weighted by molar-refractivity contribution is -0.142.